The van der Waals surface area contributed by atoms with Gasteiger partial charge in [0.1, 0.15) is 0 Å². The predicted octanol–water partition coefficient (Wildman–Crippen LogP) is 2.91. The SMILES string of the molecule is CCNC(c1ccc2[nH]c(=O)[nH]c2c1)c1ccoc1Br. The van der Waals surface area contributed by atoms with E-state index in [1.54, 1.807) is 6.26 Å². The number of H-pyrrole nitrogens is 2. The van der Waals surface area contributed by atoms with Crippen LogP contribution in [-0.2, 0) is 0 Å². The lowest BCUT2D eigenvalue weighted by Gasteiger charge is -2.17. The maximum atomic E-state index is 11.3. The summed E-state index contributed by atoms with van der Waals surface area (Å²) in [6.45, 7) is 2.88. The minimum Gasteiger partial charge on any atom is -0.457 e. The molecule has 0 radical (unpaired) electrons. The van der Waals surface area contributed by atoms with Crippen LogP contribution in [0.4, 0.5) is 0 Å². The maximum absolute atomic E-state index is 11.3. The average molecular weight is 336 g/mol. The van der Waals surface area contributed by atoms with Gasteiger partial charge in [-0.15, -0.1) is 0 Å². The normalized spacial score (nSPS) is 12.9. The molecule has 3 N–H and O–H groups in total. The van der Waals surface area contributed by atoms with Gasteiger partial charge in [-0.1, -0.05) is 13.0 Å². The number of fused-ring (bicyclic) bond motifs is 1. The van der Waals surface area contributed by atoms with Gasteiger partial charge in [0.2, 0.25) is 0 Å². The Morgan fingerprint density at radius 3 is 2.80 bits per heavy atom. The summed E-state index contributed by atoms with van der Waals surface area (Å²) in [5.41, 5.74) is 3.51. The Balaban J connectivity index is 2.09. The first-order valence-electron chi connectivity index (χ1n) is 6.37. The zero-order valence-electron chi connectivity index (χ0n) is 10.9. The van der Waals surface area contributed by atoms with Crippen LogP contribution in [0.25, 0.3) is 11.0 Å². The van der Waals surface area contributed by atoms with Crippen molar-refractivity contribution in [1.29, 1.82) is 0 Å². The molecule has 5 nitrogen and oxygen atoms in total. The fraction of sp³-hybridized carbons (Fsp3) is 0.214. The number of hydrogen-bond acceptors (Lipinski definition) is 3. The molecule has 0 saturated carbocycles. The number of hydrogen-bond donors (Lipinski definition) is 3. The van der Waals surface area contributed by atoms with Gasteiger partial charge in [0.25, 0.3) is 0 Å². The van der Waals surface area contributed by atoms with Crippen molar-refractivity contribution < 1.29 is 4.42 Å². The van der Waals surface area contributed by atoms with E-state index in [4.69, 9.17) is 4.42 Å². The molecule has 0 bridgehead atoms. The molecular formula is C14H14BrN3O2. The Hall–Kier alpha value is -1.79. The lowest BCUT2D eigenvalue weighted by molar-refractivity contribution is 0.526. The standard InChI is InChI=1S/C14H14BrN3O2/c1-2-16-12(9-5-6-20-13(9)15)8-3-4-10-11(7-8)18-14(19)17-10/h3-7,12,16H,2H2,1H3,(H2,17,18,19). The van der Waals surface area contributed by atoms with Gasteiger partial charge in [-0.05, 0) is 46.2 Å². The number of aromatic amines is 2. The summed E-state index contributed by atoms with van der Waals surface area (Å²) in [7, 11) is 0. The zero-order chi connectivity index (χ0) is 14.1. The first kappa shape index (κ1) is 13.2. The highest BCUT2D eigenvalue weighted by molar-refractivity contribution is 9.10. The summed E-state index contributed by atoms with van der Waals surface area (Å²) >= 11 is 3.42. The number of aromatic nitrogens is 2. The molecule has 6 heteroatoms. The van der Waals surface area contributed by atoms with Crippen molar-refractivity contribution in [2.45, 2.75) is 13.0 Å². The van der Waals surface area contributed by atoms with Gasteiger partial charge in [0.05, 0.1) is 23.3 Å². The molecule has 0 aliphatic rings. The Kier molecular flexibility index (Phi) is 3.50. The van der Waals surface area contributed by atoms with E-state index < -0.39 is 0 Å². The van der Waals surface area contributed by atoms with E-state index in [0.717, 1.165) is 28.7 Å². The monoisotopic (exact) mass is 335 g/mol. The van der Waals surface area contributed by atoms with Crippen LogP contribution < -0.4 is 11.0 Å². The highest BCUT2D eigenvalue weighted by atomic mass is 79.9. The molecule has 0 amide bonds. The Morgan fingerprint density at radius 1 is 1.30 bits per heavy atom. The third kappa shape index (κ3) is 2.32. The molecule has 20 heavy (non-hydrogen) atoms. The van der Waals surface area contributed by atoms with Gasteiger partial charge in [-0.3, -0.25) is 0 Å². The number of halogens is 1. The number of furan rings is 1. The second-order valence-corrected chi connectivity index (χ2v) is 5.24. The molecule has 2 aromatic heterocycles. The van der Waals surface area contributed by atoms with Crippen LogP contribution in [0.2, 0.25) is 0 Å². The van der Waals surface area contributed by atoms with Crippen LogP contribution in [0.15, 0.2) is 44.4 Å². The van der Waals surface area contributed by atoms with Crippen molar-refractivity contribution in [1.82, 2.24) is 15.3 Å². The van der Waals surface area contributed by atoms with Crippen LogP contribution in [0.5, 0.6) is 0 Å². The minimum absolute atomic E-state index is 0.0101. The summed E-state index contributed by atoms with van der Waals surface area (Å²) in [6, 6.07) is 7.82. The summed E-state index contributed by atoms with van der Waals surface area (Å²) < 4.78 is 6.03. The molecule has 1 atom stereocenters. The summed E-state index contributed by atoms with van der Waals surface area (Å²) in [5, 5.41) is 3.42. The topological polar surface area (TPSA) is 73.8 Å². The van der Waals surface area contributed by atoms with E-state index in [9.17, 15) is 4.79 Å². The molecule has 1 unspecified atom stereocenters. The first-order chi connectivity index (χ1) is 9.69. The Bertz CT molecular complexity index is 787. The molecule has 0 fully saturated rings. The van der Waals surface area contributed by atoms with E-state index in [0.29, 0.717) is 4.67 Å². The van der Waals surface area contributed by atoms with E-state index >= 15 is 0 Å². The number of nitrogens with one attached hydrogen (secondary N) is 3. The second kappa shape index (κ2) is 5.30. The van der Waals surface area contributed by atoms with E-state index in [1.165, 1.54) is 0 Å². The van der Waals surface area contributed by atoms with Crippen LogP contribution >= 0.6 is 15.9 Å². The van der Waals surface area contributed by atoms with Gasteiger partial charge >= 0.3 is 5.69 Å². The van der Waals surface area contributed by atoms with Gasteiger partial charge in [-0.2, -0.15) is 0 Å². The fourth-order valence-corrected chi connectivity index (χ4v) is 2.82. The highest BCUT2D eigenvalue weighted by Gasteiger charge is 2.18. The quantitative estimate of drug-likeness (QED) is 0.686. The smallest absolute Gasteiger partial charge is 0.323 e. The van der Waals surface area contributed by atoms with Crippen molar-refractivity contribution in [3.63, 3.8) is 0 Å². The molecule has 104 valence electrons. The third-order valence-electron chi connectivity index (χ3n) is 3.24. The molecule has 0 saturated heterocycles. The molecule has 0 aliphatic carbocycles. The van der Waals surface area contributed by atoms with Gasteiger partial charge < -0.3 is 19.7 Å². The first-order valence-corrected chi connectivity index (χ1v) is 7.16. The van der Waals surface area contributed by atoms with Crippen molar-refractivity contribution in [2.24, 2.45) is 0 Å². The molecule has 2 heterocycles. The highest BCUT2D eigenvalue weighted by Crippen LogP contribution is 2.30. The summed E-state index contributed by atoms with van der Waals surface area (Å²) in [4.78, 5) is 16.9. The van der Waals surface area contributed by atoms with Crippen molar-refractivity contribution in [2.75, 3.05) is 6.54 Å². The molecule has 3 rings (SSSR count). The molecule has 3 aromatic rings. The van der Waals surface area contributed by atoms with Gasteiger partial charge in [0.15, 0.2) is 4.67 Å². The van der Waals surface area contributed by atoms with Gasteiger partial charge in [-0.25, -0.2) is 4.79 Å². The molecule has 1 aromatic carbocycles. The van der Waals surface area contributed by atoms with E-state index in [-0.39, 0.29) is 11.7 Å². The Morgan fingerprint density at radius 2 is 2.10 bits per heavy atom. The van der Waals surface area contributed by atoms with Crippen LogP contribution in [0.3, 0.4) is 0 Å². The minimum atomic E-state index is -0.193. The van der Waals surface area contributed by atoms with E-state index in [2.05, 4.69) is 38.1 Å². The van der Waals surface area contributed by atoms with Crippen LogP contribution in [0.1, 0.15) is 24.1 Å². The van der Waals surface area contributed by atoms with E-state index in [1.807, 2.05) is 24.3 Å². The van der Waals surface area contributed by atoms with Crippen LogP contribution in [-0.4, -0.2) is 16.5 Å². The third-order valence-corrected chi connectivity index (χ3v) is 3.88. The summed E-state index contributed by atoms with van der Waals surface area (Å²) in [5.74, 6) is 0. The van der Waals surface area contributed by atoms with Gasteiger partial charge in [0, 0.05) is 5.56 Å². The molecule has 0 aliphatic heterocycles. The molecular weight excluding hydrogens is 322 g/mol. The maximum Gasteiger partial charge on any atom is 0.323 e. The summed E-state index contributed by atoms with van der Waals surface area (Å²) in [6.07, 6.45) is 1.65. The zero-order valence-corrected chi connectivity index (χ0v) is 12.5. The van der Waals surface area contributed by atoms with Crippen molar-refractivity contribution in [3.8, 4) is 0 Å². The number of benzene rings is 1. The Labute approximate surface area is 123 Å². The average Bonchev–Trinajstić information content (AvgIpc) is 3.00. The number of imidazole rings is 1. The predicted molar refractivity (Wildman–Crippen MR) is 80.8 cm³/mol. The van der Waals surface area contributed by atoms with Crippen LogP contribution in [0, 0.1) is 0 Å². The largest absolute Gasteiger partial charge is 0.457 e. The lowest BCUT2D eigenvalue weighted by atomic mass is 10.0. The number of rotatable bonds is 4. The lowest BCUT2D eigenvalue weighted by Crippen LogP contribution is -2.21. The van der Waals surface area contributed by atoms with Crippen molar-refractivity contribution >= 4 is 27.0 Å². The second-order valence-electron chi connectivity index (χ2n) is 4.52. The fourth-order valence-electron chi connectivity index (χ4n) is 2.35. The van der Waals surface area contributed by atoms with Crippen molar-refractivity contribution in [3.05, 3.63) is 56.8 Å². The molecule has 0 spiro atoms.